The summed E-state index contributed by atoms with van der Waals surface area (Å²) in [7, 11) is -3.26. The second kappa shape index (κ2) is 8.96. The number of hydrogen-bond acceptors (Lipinski definition) is 5. The van der Waals surface area contributed by atoms with Gasteiger partial charge in [-0.2, -0.15) is 5.10 Å². The van der Waals surface area contributed by atoms with Crippen molar-refractivity contribution in [3.05, 3.63) is 29.8 Å². The summed E-state index contributed by atoms with van der Waals surface area (Å²) in [6.07, 6.45) is 5.01. The Bertz CT molecular complexity index is 701. The lowest BCUT2D eigenvalue weighted by molar-refractivity contribution is -0.126. The lowest BCUT2D eigenvalue weighted by Gasteiger charge is -2.29. The SMILES string of the molecule is CCCOc1ccc(/C=N\NC(=O)[C@@H]2CCCN(S(C)(=O)=O)C2)cc1. The van der Waals surface area contributed by atoms with Gasteiger partial charge in [0.15, 0.2) is 0 Å². The molecule has 0 aliphatic carbocycles. The fourth-order valence-corrected chi connectivity index (χ4v) is 3.50. The second-order valence-electron chi connectivity index (χ2n) is 6.11. The Balaban J connectivity index is 1.85. The first-order valence-corrected chi connectivity index (χ1v) is 10.3. The minimum absolute atomic E-state index is 0.212. The van der Waals surface area contributed by atoms with Gasteiger partial charge in [0.05, 0.1) is 25.0 Å². The van der Waals surface area contributed by atoms with Crippen LogP contribution < -0.4 is 10.2 Å². The highest BCUT2D eigenvalue weighted by atomic mass is 32.2. The van der Waals surface area contributed by atoms with Crippen LogP contribution in [0, 0.1) is 5.92 Å². The standard InChI is InChI=1S/C17H25N3O4S/c1-3-11-24-16-8-6-14(7-9-16)12-18-19-17(21)15-5-4-10-20(13-15)25(2,22)23/h6-9,12,15H,3-5,10-11,13H2,1-2H3,(H,19,21)/b18-12-/t15-/m1/s1. The predicted molar refractivity (Wildman–Crippen MR) is 97.1 cm³/mol. The Morgan fingerprint density at radius 2 is 2.12 bits per heavy atom. The Hall–Kier alpha value is -1.93. The summed E-state index contributed by atoms with van der Waals surface area (Å²) in [6.45, 7) is 3.41. The molecule has 1 amide bonds. The predicted octanol–water partition coefficient (Wildman–Crippen LogP) is 1.60. The highest BCUT2D eigenvalue weighted by molar-refractivity contribution is 7.88. The molecule has 1 atom stereocenters. The van der Waals surface area contributed by atoms with Crippen LogP contribution in [0.2, 0.25) is 0 Å². The van der Waals surface area contributed by atoms with Gasteiger partial charge >= 0.3 is 0 Å². The van der Waals surface area contributed by atoms with Crippen molar-refractivity contribution in [2.75, 3.05) is 26.0 Å². The number of amides is 1. The van der Waals surface area contributed by atoms with Gasteiger partial charge in [0.1, 0.15) is 5.75 Å². The zero-order valence-corrected chi connectivity index (χ0v) is 15.5. The number of piperidine rings is 1. The van der Waals surface area contributed by atoms with Crippen LogP contribution in [0.25, 0.3) is 0 Å². The van der Waals surface area contributed by atoms with Crippen molar-refractivity contribution in [3.63, 3.8) is 0 Å². The molecule has 1 aliphatic rings. The van der Waals surface area contributed by atoms with Gasteiger partial charge in [-0.15, -0.1) is 0 Å². The molecule has 1 fully saturated rings. The number of hydrazone groups is 1. The molecule has 138 valence electrons. The number of benzene rings is 1. The van der Waals surface area contributed by atoms with E-state index in [-0.39, 0.29) is 18.4 Å². The molecular formula is C17H25N3O4S. The van der Waals surface area contributed by atoms with Crippen LogP contribution in [0.3, 0.4) is 0 Å². The van der Waals surface area contributed by atoms with E-state index in [2.05, 4.69) is 10.5 Å². The van der Waals surface area contributed by atoms with Gasteiger partial charge in [0.2, 0.25) is 15.9 Å². The third-order valence-electron chi connectivity index (χ3n) is 3.97. The van der Waals surface area contributed by atoms with Gasteiger partial charge in [0, 0.05) is 13.1 Å². The molecule has 1 saturated heterocycles. The molecule has 0 radical (unpaired) electrons. The summed E-state index contributed by atoms with van der Waals surface area (Å²) in [6, 6.07) is 7.41. The van der Waals surface area contributed by atoms with E-state index in [0.717, 1.165) is 17.7 Å². The number of sulfonamides is 1. The van der Waals surface area contributed by atoms with Crippen molar-refractivity contribution in [3.8, 4) is 5.75 Å². The van der Waals surface area contributed by atoms with Crippen LogP contribution in [-0.4, -0.2) is 50.8 Å². The minimum Gasteiger partial charge on any atom is -0.494 e. The number of ether oxygens (including phenoxy) is 1. The lowest BCUT2D eigenvalue weighted by Crippen LogP contribution is -2.44. The summed E-state index contributed by atoms with van der Waals surface area (Å²) >= 11 is 0. The van der Waals surface area contributed by atoms with Crippen LogP contribution in [0.1, 0.15) is 31.7 Å². The Labute approximate surface area is 149 Å². The molecule has 1 heterocycles. The molecule has 1 N–H and O–H groups in total. The normalized spacial score (nSPS) is 19.0. The maximum absolute atomic E-state index is 12.2. The van der Waals surface area contributed by atoms with E-state index in [4.69, 9.17) is 4.74 Å². The Morgan fingerprint density at radius 1 is 1.40 bits per heavy atom. The average Bonchev–Trinajstić information content (AvgIpc) is 2.60. The molecule has 0 saturated carbocycles. The minimum atomic E-state index is -3.26. The topological polar surface area (TPSA) is 88.1 Å². The Morgan fingerprint density at radius 3 is 2.76 bits per heavy atom. The lowest BCUT2D eigenvalue weighted by atomic mass is 9.99. The maximum Gasteiger partial charge on any atom is 0.244 e. The number of carbonyl (C=O) groups excluding carboxylic acids is 1. The number of rotatable bonds is 7. The molecule has 1 aromatic carbocycles. The molecule has 1 aromatic rings. The smallest absolute Gasteiger partial charge is 0.244 e. The number of nitrogens with zero attached hydrogens (tertiary/aromatic N) is 2. The van der Waals surface area contributed by atoms with Gasteiger partial charge in [-0.1, -0.05) is 6.92 Å². The van der Waals surface area contributed by atoms with Crippen molar-refractivity contribution >= 4 is 22.1 Å². The molecule has 0 spiro atoms. The van der Waals surface area contributed by atoms with E-state index in [1.54, 1.807) is 6.21 Å². The summed E-state index contributed by atoms with van der Waals surface area (Å²) in [5.74, 6) is 0.170. The van der Waals surface area contributed by atoms with E-state index in [9.17, 15) is 13.2 Å². The van der Waals surface area contributed by atoms with Gasteiger partial charge in [-0.3, -0.25) is 4.79 Å². The van der Waals surface area contributed by atoms with E-state index in [0.29, 0.717) is 26.0 Å². The van der Waals surface area contributed by atoms with Crippen molar-refractivity contribution in [2.24, 2.45) is 11.0 Å². The first-order valence-electron chi connectivity index (χ1n) is 8.41. The molecule has 8 heteroatoms. The summed E-state index contributed by atoms with van der Waals surface area (Å²) in [5, 5.41) is 3.96. The first kappa shape index (κ1) is 19.4. The summed E-state index contributed by atoms with van der Waals surface area (Å²) < 4.78 is 30.1. The van der Waals surface area contributed by atoms with Crippen molar-refractivity contribution < 1.29 is 17.9 Å². The van der Waals surface area contributed by atoms with Gasteiger partial charge in [-0.05, 0) is 49.1 Å². The fourth-order valence-electron chi connectivity index (χ4n) is 2.59. The van der Waals surface area contributed by atoms with E-state index in [1.165, 1.54) is 10.6 Å². The molecule has 0 unspecified atom stereocenters. The van der Waals surface area contributed by atoms with Gasteiger partial charge in [-0.25, -0.2) is 18.1 Å². The molecule has 2 rings (SSSR count). The number of hydrogen-bond donors (Lipinski definition) is 1. The summed E-state index contributed by atoms with van der Waals surface area (Å²) in [4.78, 5) is 12.2. The van der Waals surface area contributed by atoms with Crippen LogP contribution in [0.5, 0.6) is 5.75 Å². The van der Waals surface area contributed by atoms with Crippen LogP contribution in [0.15, 0.2) is 29.4 Å². The zero-order chi connectivity index (χ0) is 18.3. The monoisotopic (exact) mass is 367 g/mol. The molecule has 25 heavy (non-hydrogen) atoms. The first-order chi connectivity index (χ1) is 11.9. The molecule has 7 nitrogen and oxygen atoms in total. The highest BCUT2D eigenvalue weighted by Gasteiger charge is 2.29. The third-order valence-corrected chi connectivity index (χ3v) is 5.23. The maximum atomic E-state index is 12.2. The van der Waals surface area contributed by atoms with Crippen LogP contribution >= 0.6 is 0 Å². The number of nitrogens with one attached hydrogen (secondary N) is 1. The molecule has 0 bridgehead atoms. The Kier molecular flexibility index (Phi) is 6.95. The average molecular weight is 367 g/mol. The quantitative estimate of drug-likeness (QED) is 0.586. The second-order valence-corrected chi connectivity index (χ2v) is 8.09. The third kappa shape index (κ3) is 6.13. The van der Waals surface area contributed by atoms with Crippen molar-refractivity contribution in [1.82, 2.24) is 9.73 Å². The number of carbonyl (C=O) groups is 1. The van der Waals surface area contributed by atoms with E-state index >= 15 is 0 Å². The van der Waals surface area contributed by atoms with Crippen molar-refractivity contribution in [2.45, 2.75) is 26.2 Å². The van der Waals surface area contributed by atoms with Gasteiger partial charge in [0.25, 0.3) is 0 Å². The van der Waals surface area contributed by atoms with Gasteiger partial charge < -0.3 is 4.74 Å². The largest absolute Gasteiger partial charge is 0.494 e. The zero-order valence-electron chi connectivity index (χ0n) is 14.6. The van der Waals surface area contributed by atoms with E-state index < -0.39 is 10.0 Å². The van der Waals surface area contributed by atoms with E-state index in [1.807, 2.05) is 31.2 Å². The summed E-state index contributed by atoms with van der Waals surface area (Å²) in [5.41, 5.74) is 3.34. The molecule has 0 aromatic heterocycles. The van der Waals surface area contributed by atoms with Crippen LogP contribution in [0.4, 0.5) is 0 Å². The van der Waals surface area contributed by atoms with Crippen LogP contribution in [-0.2, 0) is 14.8 Å². The van der Waals surface area contributed by atoms with Crippen molar-refractivity contribution in [1.29, 1.82) is 0 Å². The fraction of sp³-hybridized carbons (Fsp3) is 0.529. The molecule has 1 aliphatic heterocycles. The highest BCUT2D eigenvalue weighted by Crippen LogP contribution is 2.18. The molecular weight excluding hydrogens is 342 g/mol.